The van der Waals surface area contributed by atoms with E-state index < -0.39 is 0 Å². The Morgan fingerprint density at radius 3 is 2.96 bits per heavy atom. The summed E-state index contributed by atoms with van der Waals surface area (Å²) in [7, 11) is 0. The molecule has 0 radical (unpaired) electrons. The van der Waals surface area contributed by atoms with Crippen LogP contribution < -0.4 is 5.32 Å². The minimum Gasteiger partial charge on any atom is -0.354 e. The highest BCUT2D eigenvalue weighted by Crippen LogP contribution is 2.22. The van der Waals surface area contributed by atoms with E-state index >= 15 is 0 Å². The lowest BCUT2D eigenvalue weighted by atomic mass is 9.97. The maximum Gasteiger partial charge on any atom is 0.244 e. The molecule has 0 aliphatic heterocycles. The van der Waals surface area contributed by atoms with Gasteiger partial charge in [0.1, 0.15) is 6.04 Å². The van der Waals surface area contributed by atoms with Crippen LogP contribution in [0.15, 0.2) is 35.9 Å². The molecular weight excluding hydrogens is 286 g/mol. The molecule has 0 fully saturated rings. The molecule has 1 amide bonds. The number of carbonyl (C=O) groups is 1. The van der Waals surface area contributed by atoms with Gasteiger partial charge in [0.15, 0.2) is 0 Å². The van der Waals surface area contributed by atoms with Crippen LogP contribution in [0.25, 0.3) is 10.9 Å². The average Bonchev–Trinajstić information content (AvgIpc) is 2.92. The van der Waals surface area contributed by atoms with Crippen LogP contribution in [-0.2, 0) is 4.79 Å². The second kappa shape index (κ2) is 6.99. The Kier molecular flexibility index (Phi) is 4.79. The number of aryl methyl sites for hydroxylation is 1. The van der Waals surface area contributed by atoms with E-state index in [1.54, 1.807) is 0 Å². The van der Waals surface area contributed by atoms with E-state index in [9.17, 15) is 4.79 Å². The topological polar surface area (TPSA) is 46.9 Å². The van der Waals surface area contributed by atoms with Crippen LogP contribution in [0.5, 0.6) is 0 Å². The van der Waals surface area contributed by atoms with Gasteiger partial charge in [0.2, 0.25) is 5.91 Å². The molecule has 0 saturated heterocycles. The zero-order chi connectivity index (χ0) is 16.2. The molecule has 0 bridgehead atoms. The number of fused-ring (bicyclic) bond motifs is 1. The zero-order valence-electron chi connectivity index (χ0n) is 14.0. The van der Waals surface area contributed by atoms with E-state index in [0.29, 0.717) is 6.54 Å². The number of nitrogens with one attached hydrogen (secondary N) is 1. The summed E-state index contributed by atoms with van der Waals surface area (Å²) in [6.07, 6.45) is 8.28. The molecule has 1 aromatic heterocycles. The number of rotatable bonds is 5. The number of hydrogen-bond donors (Lipinski definition) is 1. The third-order valence-electron chi connectivity index (χ3n) is 4.68. The van der Waals surface area contributed by atoms with E-state index in [1.165, 1.54) is 31.3 Å². The lowest BCUT2D eigenvalue weighted by Crippen LogP contribution is -2.32. The summed E-state index contributed by atoms with van der Waals surface area (Å²) in [5.74, 6) is 0.0367. The van der Waals surface area contributed by atoms with Crippen LogP contribution in [0.1, 0.15) is 50.8 Å². The smallest absolute Gasteiger partial charge is 0.244 e. The highest BCUT2D eigenvalue weighted by atomic mass is 16.2. The molecule has 1 atom stereocenters. The van der Waals surface area contributed by atoms with Crippen molar-refractivity contribution < 1.29 is 4.79 Å². The number of amides is 1. The molecule has 0 spiro atoms. The monoisotopic (exact) mass is 311 g/mol. The van der Waals surface area contributed by atoms with Crippen molar-refractivity contribution in [1.29, 1.82) is 0 Å². The number of allylic oxidation sites excluding steroid dienone is 1. The minimum atomic E-state index is -0.297. The van der Waals surface area contributed by atoms with E-state index in [1.807, 2.05) is 42.8 Å². The lowest BCUT2D eigenvalue weighted by Gasteiger charge is -2.16. The third kappa shape index (κ3) is 3.46. The fourth-order valence-electron chi connectivity index (χ4n) is 3.28. The first-order valence-corrected chi connectivity index (χ1v) is 8.56. The Labute approximate surface area is 137 Å². The maximum atomic E-state index is 12.4. The average molecular weight is 311 g/mol. The molecule has 1 N–H and O–H groups in total. The minimum absolute atomic E-state index is 0.0367. The van der Waals surface area contributed by atoms with Gasteiger partial charge in [0.25, 0.3) is 0 Å². The quantitative estimate of drug-likeness (QED) is 0.851. The van der Waals surface area contributed by atoms with Crippen molar-refractivity contribution >= 4 is 16.8 Å². The van der Waals surface area contributed by atoms with Gasteiger partial charge in [-0.05, 0) is 52.0 Å². The Balaban J connectivity index is 1.63. The predicted molar refractivity (Wildman–Crippen MR) is 93.4 cm³/mol. The molecule has 1 heterocycles. The van der Waals surface area contributed by atoms with Crippen LogP contribution >= 0.6 is 0 Å². The Morgan fingerprint density at radius 2 is 2.17 bits per heavy atom. The van der Waals surface area contributed by atoms with Crippen molar-refractivity contribution in [2.24, 2.45) is 0 Å². The number of hydrogen-bond acceptors (Lipinski definition) is 2. The van der Waals surface area contributed by atoms with Gasteiger partial charge >= 0.3 is 0 Å². The van der Waals surface area contributed by atoms with Crippen LogP contribution in [0.4, 0.5) is 0 Å². The summed E-state index contributed by atoms with van der Waals surface area (Å²) in [5, 5.41) is 8.73. The third-order valence-corrected chi connectivity index (χ3v) is 4.68. The van der Waals surface area contributed by atoms with Crippen LogP contribution in [0.3, 0.4) is 0 Å². The standard InChI is InChI=1S/C19H25N3O/c1-14-17-10-6-7-11-18(17)22(21-14)15(2)19(23)20-13-12-16-8-4-3-5-9-16/h6-8,10-11,15H,3-5,9,12-13H2,1-2H3,(H,20,23)/t15-/m0/s1. The summed E-state index contributed by atoms with van der Waals surface area (Å²) in [4.78, 5) is 12.4. The molecule has 0 saturated carbocycles. The van der Waals surface area contributed by atoms with Crippen molar-refractivity contribution in [1.82, 2.24) is 15.1 Å². The summed E-state index contributed by atoms with van der Waals surface area (Å²) >= 11 is 0. The zero-order valence-corrected chi connectivity index (χ0v) is 14.0. The van der Waals surface area contributed by atoms with E-state index in [-0.39, 0.29) is 11.9 Å². The van der Waals surface area contributed by atoms with Gasteiger partial charge in [-0.2, -0.15) is 5.10 Å². The molecular formula is C19H25N3O. The van der Waals surface area contributed by atoms with Crippen molar-refractivity contribution in [3.05, 3.63) is 41.6 Å². The van der Waals surface area contributed by atoms with Gasteiger partial charge in [-0.3, -0.25) is 9.48 Å². The maximum absolute atomic E-state index is 12.4. The van der Waals surface area contributed by atoms with Gasteiger partial charge in [-0.1, -0.05) is 29.8 Å². The highest BCUT2D eigenvalue weighted by molar-refractivity contribution is 5.86. The molecule has 3 rings (SSSR count). The van der Waals surface area contributed by atoms with Crippen LogP contribution in [0, 0.1) is 6.92 Å². The largest absolute Gasteiger partial charge is 0.354 e. The molecule has 23 heavy (non-hydrogen) atoms. The normalized spacial score (nSPS) is 16.2. The number of nitrogens with zero attached hydrogens (tertiary/aromatic N) is 2. The molecule has 4 heteroatoms. The molecule has 0 unspecified atom stereocenters. The van der Waals surface area contributed by atoms with Gasteiger partial charge in [0, 0.05) is 11.9 Å². The Morgan fingerprint density at radius 1 is 1.35 bits per heavy atom. The summed E-state index contributed by atoms with van der Waals surface area (Å²) in [5.41, 5.74) is 3.47. The fourth-order valence-corrected chi connectivity index (χ4v) is 3.28. The second-order valence-electron chi connectivity index (χ2n) is 6.37. The first-order chi connectivity index (χ1) is 11.2. The van der Waals surface area contributed by atoms with E-state index in [2.05, 4.69) is 16.5 Å². The van der Waals surface area contributed by atoms with Gasteiger partial charge in [-0.15, -0.1) is 0 Å². The number of benzene rings is 1. The number of carbonyl (C=O) groups excluding carboxylic acids is 1. The van der Waals surface area contributed by atoms with Crippen LogP contribution in [0.2, 0.25) is 0 Å². The highest BCUT2D eigenvalue weighted by Gasteiger charge is 2.19. The van der Waals surface area contributed by atoms with Gasteiger partial charge in [0.05, 0.1) is 11.2 Å². The van der Waals surface area contributed by atoms with E-state index in [0.717, 1.165) is 23.0 Å². The van der Waals surface area contributed by atoms with Crippen molar-refractivity contribution in [3.63, 3.8) is 0 Å². The van der Waals surface area contributed by atoms with Crippen molar-refractivity contribution in [2.75, 3.05) is 6.54 Å². The number of aromatic nitrogens is 2. The molecule has 122 valence electrons. The second-order valence-corrected chi connectivity index (χ2v) is 6.37. The number of para-hydroxylation sites is 1. The summed E-state index contributed by atoms with van der Waals surface area (Å²) in [6, 6.07) is 7.76. The summed E-state index contributed by atoms with van der Waals surface area (Å²) in [6.45, 7) is 4.61. The summed E-state index contributed by atoms with van der Waals surface area (Å²) < 4.78 is 1.83. The molecule has 2 aromatic rings. The lowest BCUT2D eigenvalue weighted by molar-refractivity contribution is -0.124. The van der Waals surface area contributed by atoms with Gasteiger partial charge in [-0.25, -0.2) is 0 Å². The molecule has 4 nitrogen and oxygen atoms in total. The van der Waals surface area contributed by atoms with Gasteiger partial charge < -0.3 is 5.32 Å². The molecule has 1 aliphatic carbocycles. The molecule has 1 aliphatic rings. The molecule has 1 aromatic carbocycles. The fraction of sp³-hybridized carbons (Fsp3) is 0.474. The van der Waals surface area contributed by atoms with Crippen LogP contribution in [-0.4, -0.2) is 22.2 Å². The first-order valence-electron chi connectivity index (χ1n) is 8.56. The predicted octanol–water partition coefficient (Wildman–Crippen LogP) is 3.91. The SMILES string of the molecule is Cc1nn([C@@H](C)C(=O)NCCC2=CCCCC2)c2ccccc12. The van der Waals surface area contributed by atoms with Crippen molar-refractivity contribution in [3.8, 4) is 0 Å². The Hall–Kier alpha value is -2.10. The Bertz CT molecular complexity index is 729. The first kappa shape index (κ1) is 15.8. The van der Waals surface area contributed by atoms with E-state index in [4.69, 9.17) is 0 Å². The van der Waals surface area contributed by atoms with Crippen molar-refractivity contribution in [2.45, 2.75) is 52.0 Å².